The number of nitrogens with two attached hydrogens (primary N) is 1. The summed E-state index contributed by atoms with van der Waals surface area (Å²) in [5, 5.41) is 26.6. The van der Waals surface area contributed by atoms with Crippen LogP contribution >= 0.6 is 35.2 Å². The molecule has 0 aromatic carbocycles. The zero-order valence-electron chi connectivity index (χ0n) is 38.8. The highest BCUT2D eigenvalue weighted by Gasteiger charge is 2.50. The standard InChI is InChI=1S/C41H66N7O17P3S/c1-4-5-6-7-8-9-10-11-12-13-14-15-16-17-18-19-20-21-32(50)69-25-24-43-31(49)22-23-44-39(53)36(52)41(2,3)27-62-68(59,60)65-67(57,58)61-26-30-35(64-66(54,55)56)34(51)40(63-30)48-29-47-33-37(42)45-28-46-38(33)48/h8-9,11-12,14-15,17-18,28-30,34-36,40,51-52H,4-7,10,13,16,19-27H2,1-3H3,(H,43,49)(H,44,53)(H,57,58)(H,59,60)(H2,42,45,46)(H2,54,55,56)/b9-8+,12-11+,15-14+,18-17+/t30-,34-,35-,36+,40-/m1/s1. The summed E-state index contributed by atoms with van der Waals surface area (Å²) in [6, 6.07) is 0. The van der Waals surface area contributed by atoms with Crippen molar-refractivity contribution in [1.29, 1.82) is 0 Å². The number of nitrogens with zero attached hydrogens (tertiary/aromatic N) is 4. The molecule has 2 aromatic rings. The fourth-order valence-electron chi connectivity index (χ4n) is 6.29. The topological polar surface area (TPSA) is 364 Å². The molecule has 0 spiro atoms. The molecule has 1 fully saturated rings. The number of hydrogen-bond acceptors (Lipinski definition) is 18. The van der Waals surface area contributed by atoms with Crippen LogP contribution in [0.15, 0.2) is 61.3 Å². The van der Waals surface area contributed by atoms with E-state index in [4.69, 9.17) is 19.5 Å². The summed E-state index contributed by atoms with van der Waals surface area (Å²) in [7, 11) is -16.4. The van der Waals surface area contributed by atoms with E-state index in [0.29, 0.717) is 18.6 Å². The van der Waals surface area contributed by atoms with E-state index < -0.39 is 84.6 Å². The number of aromatic nitrogens is 4. The average molecular weight is 1050 g/mol. The Balaban J connectivity index is 1.31. The second kappa shape index (κ2) is 29.8. The first-order valence-electron chi connectivity index (χ1n) is 22.2. The van der Waals surface area contributed by atoms with Crippen LogP contribution < -0.4 is 16.4 Å². The number of amides is 2. The third-order valence-electron chi connectivity index (χ3n) is 9.97. The van der Waals surface area contributed by atoms with Crippen LogP contribution in [-0.2, 0) is 50.7 Å². The molecule has 28 heteroatoms. The third kappa shape index (κ3) is 22.6. The number of carbonyl (C=O) groups excluding carboxylic acids is 3. The number of phosphoric ester groups is 3. The zero-order chi connectivity index (χ0) is 51.1. The van der Waals surface area contributed by atoms with Crippen molar-refractivity contribution >= 4 is 69.1 Å². The number of aliphatic hydroxyl groups excluding tert-OH is 2. The van der Waals surface area contributed by atoms with Crippen molar-refractivity contribution in [2.24, 2.45) is 5.41 Å². The lowest BCUT2D eigenvalue weighted by Gasteiger charge is -2.30. The van der Waals surface area contributed by atoms with Crippen molar-refractivity contribution in [3.8, 4) is 0 Å². The first-order valence-corrected chi connectivity index (χ1v) is 27.7. The number of unbranched alkanes of at least 4 members (excludes halogenated alkanes) is 4. The number of hydrogen-bond donors (Lipinski definition) is 9. The van der Waals surface area contributed by atoms with Crippen LogP contribution in [0.2, 0.25) is 0 Å². The van der Waals surface area contributed by atoms with Crippen molar-refractivity contribution in [2.75, 3.05) is 37.8 Å². The van der Waals surface area contributed by atoms with Crippen molar-refractivity contribution in [3.05, 3.63) is 61.3 Å². The van der Waals surface area contributed by atoms with Crippen LogP contribution in [0.5, 0.6) is 0 Å². The number of nitrogens with one attached hydrogen (secondary N) is 2. The molecule has 0 saturated carbocycles. The number of imidazole rings is 1. The van der Waals surface area contributed by atoms with Gasteiger partial charge in [0, 0.05) is 37.1 Å². The molecule has 69 heavy (non-hydrogen) atoms. The number of fused-ring (bicyclic) bond motifs is 1. The highest BCUT2D eigenvalue weighted by molar-refractivity contribution is 8.13. The van der Waals surface area contributed by atoms with E-state index in [0.717, 1.165) is 61.1 Å². The molecule has 7 atom stereocenters. The summed E-state index contributed by atoms with van der Waals surface area (Å²) in [6.07, 6.45) is 19.7. The van der Waals surface area contributed by atoms with E-state index in [1.54, 1.807) is 0 Å². The number of phosphoric acid groups is 3. The van der Waals surface area contributed by atoms with Gasteiger partial charge in [-0.25, -0.2) is 28.6 Å². The minimum Gasteiger partial charge on any atom is -0.386 e. The first-order chi connectivity index (χ1) is 32.6. The summed E-state index contributed by atoms with van der Waals surface area (Å²) < 4.78 is 62.4. The lowest BCUT2D eigenvalue weighted by atomic mass is 9.87. The van der Waals surface area contributed by atoms with Gasteiger partial charge in [0.05, 0.1) is 19.5 Å². The first kappa shape index (κ1) is 59.8. The molecule has 0 aliphatic carbocycles. The third-order valence-corrected chi connectivity index (χ3v) is 14.0. The summed E-state index contributed by atoms with van der Waals surface area (Å²) >= 11 is 1.11. The van der Waals surface area contributed by atoms with E-state index in [2.05, 4.69) is 90.0 Å². The van der Waals surface area contributed by atoms with Gasteiger partial charge in [-0.2, -0.15) is 4.31 Å². The van der Waals surface area contributed by atoms with Gasteiger partial charge in [-0.15, -0.1) is 0 Å². The van der Waals surface area contributed by atoms with Crippen molar-refractivity contribution in [2.45, 2.75) is 122 Å². The predicted octanol–water partition coefficient (Wildman–Crippen LogP) is 4.81. The predicted molar refractivity (Wildman–Crippen MR) is 256 cm³/mol. The highest BCUT2D eigenvalue weighted by Crippen LogP contribution is 2.61. The normalized spacial score (nSPS) is 20.3. The number of aliphatic hydroxyl groups is 2. The van der Waals surface area contributed by atoms with E-state index in [1.165, 1.54) is 33.1 Å². The molecule has 24 nitrogen and oxygen atoms in total. The molecule has 3 rings (SSSR count). The van der Waals surface area contributed by atoms with E-state index >= 15 is 0 Å². The van der Waals surface area contributed by atoms with Crippen LogP contribution in [0.3, 0.4) is 0 Å². The van der Waals surface area contributed by atoms with Crippen LogP contribution in [0.25, 0.3) is 11.2 Å². The number of ether oxygens (including phenoxy) is 1. The summed E-state index contributed by atoms with van der Waals surface area (Å²) in [6.45, 7) is 2.71. The fraction of sp³-hybridized carbons (Fsp3) is 0.610. The Kier molecular flexibility index (Phi) is 25.8. The molecule has 0 radical (unpaired) electrons. The molecule has 1 aliphatic heterocycles. The Morgan fingerprint density at radius 1 is 0.884 bits per heavy atom. The smallest absolute Gasteiger partial charge is 0.386 e. The molecule has 2 aromatic heterocycles. The lowest BCUT2D eigenvalue weighted by Crippen LogP contribution is -2.46. The highest BCUT2D eigenvalue weighted by atomic mass is 32.2. The van der Waals surface area contributed by atoms with Gasteiger partial charge in [0.25, 0.3) is 0 Å². The molecular weight excluding hydrogens is 987 g/mol. The van der Waals surface area contributed by atoms with Gasteiger partial charge < -0.3 is 50.9 Å². The minimum absolute atomic E-state index is 0.0112. The summed E-state index contributed by atoms with van der Waals surface area (Å²) in [5.41, 5.74) is 4.27. The number of nitrogen functional groups attached to an aromatic ring is 1. The number of carbonyl (C=O) groups is 3. The zero-order valence-corrected chi connectivity index (χ0v) is 42.3. The van der Waals surface area contributed by atoms with Crippen LogP contribution in [0.4, 0.5) is 5.82 Å². The molecule has 2 amide bonds. The quantitative estimate of drug-likeness (QED) is 0.0263. The monoisotopic (exact) mass is 1050 g/mol. The van der Waals surface area contributed by atoms with Crippen molar-refractivity contribution in [1.82, 2.24) is 30.2 Å². The molecule has 388 valence electrons. The summed E-state index contributed by atoms with van der Waals surface area (Å²) in [4.78, 5) is 88.3. The summed E-state index contributed by atoms with van der Waals surface area (Å²) in [5.74, 6) is -1.09. The van der Waals surface area contributed by atoms with Crippen molar-refractivity contribution < 1.29 is 80.5 Å². The van der Waals surface area contributed by atoms with Crippen LogP contribution in [-0.4, -0.2) is 123 Å². The van der Waals surface area contributed by atoms with Crippen LogP contribution in [0, 0.1) is 5.41 Å². The van der Waals surface area contributed by atoms with Crippen LogP contribution in [0.1, 0.15) is 97.6 Å². The lowest BCUT2D eigenvalue weighted by molar-refractivity contribution is -0.137. The van der Waals surface area contributed by atoms with E-state index in [-0.39, 0.29) is 41.6 Å². The number of thioether (sulfide) groups is 1. The fourth-order valence-corrected chi connectivity index (χ4v) is 9.84. The average Bonchev–Trinajstić information content (AvgIpc) is 3.84. The van der Waals surface area contributed by atoms with Crippen molar-refractivity contribution in [3.63, 3.8) is 0 Å². The Labute approximate surface area is 405 Å². The van der Waals surface area contributed by atoms with Gasteiger partial charge in [-0.3, -0.25) is 32.5 Å². The van der Waals surface area contributed by atoms with Gasteiger partial charge in [-0.1, -0.05) is 94.0 Å². The Hall–Kier alpha value is -3.48. The van der Waals surface area contributed by atoms with Gasteiger partial charge in [-0.05, 0) is 44.9 Å². The minimum atomic E-state index is -5.58. The molecule has 10 N–H and O–H groups in total. The molecule has 3 heterocycles. The SMILES string of the molecule is CCCCC/C=C/C/C=C/C/C=C/C/C=C/CCCC(=O)SCCNC(=O)CCNC(=O)[C@H](O)C(C)(C)COP(=O)(O)OP(=O)(O)OC[C@H]1O[C@@H](n2cnc3c(N)ncnc32)[C@H](O)[C@@H]1OP(=O)(O)O. The van der Waals surface area contributed by atoms with E-state index in [9.17, 15) is 57.9 Å². The Morgan fingerprint density at radius 3 is 2.14 bits per heavy atom. The maximum absolute atomic E-state index is 12.7. The number of anilines is 1. The second-order valence-corrected chi connectivity index (χ2v) is 21.7. The van der Waals surface area contributed by atoms with Gasteiger partial charge in [0.1, 0.15) is 36.3 Å². The molecule has 1 aliphatic rings. The van der Waals surface area contributed by atoms with Gasteiger partial charge >= 0.3 is 23.5 Å². The van der Waals surface area contributed by atoms with Gasteiger partial charge in [0.15, 0.2) is 22.8 Å². The Bertz CT molecular complexity index is 2220. The number of allylic oxidation sites excluding steroid dienone is 8. The molecule has 0 bridgehead atoms. The molecule has 2 unspecified atom stereocenters. The largest absolute Gasteiger partial charge is 0.481 e. The van der Waals surface area contributed by atoms with Gasteiger partial charge in [0.2, 0.25) is 11.8 Å². The van der Waals surface area contributed by atoms with E-state index in [1.807, 2.05) is 0 Å². The maximum Gasteiger partial charge on any atom is 0.481 e. The molecular formula is C41H66N7O17P3S. The second-order valence-electron chi connectivity index (χ2n) is 16.3. The maximum atomic E-state index is 12.7. The molecule has 1 saturated heterocycles. The Morgan fingerprint density at radius 2 is 1.51 bits per heavy atom. The number of rotatable bonds is 33.